The standard InChI is InChI=1S/C23H31N3O2S/c1-3-4-13-24-23(28)26(20-10-11-20)17-22(27)25(15-19-8-6-5-7-9-19)16-21-18(2)12-14-29-21/h5-9,12,14,20H,3-4,10-11,13,15-17H2,1-2H3,(H,24,28). The molecule has 0 bridgehead atoms. The molecule has 0 saturated heterocycles. The number of benzene rings is 1. The van der Waals surface area contributed by atoms with Crippen molar-refractivity contribution in [1.82, 2.24) is 15.1 Å². The SMILES string of the molecule is CCCCNC(=O)N(CC(=O)N(Cc1ccccc1)Cc1sccc1C)C1CC1. The molecule has 1 N–H and O–H groups in total. The van der Waals surface area contributed by atoms with Crippen molar-refractivity contribution in [2.75, 3.05) is 13.1 Å². The number of amides is 3. The van der Waals surface area contributed by atoms with Crippen LogP contribution in [0.15, 0.2) is 41.8 Å². The summed E-state index contributed by atoms with van der Waals surface area (Å²) >= 11 is 1.68. The highest BCUT2D eigenvalue weighted by Crippen LogP contribution is 2.27. The third kappa shape index (κ3) is 6.32. The first-order valence-corrected chi connectivity index (χ1v) is 11.4. The lowest BCUT2D eigenvalue weighted by molar-refractivity contribution is -0.133. The van der Waals surface area contributed by atoms with E-state index in [1.165, 1.54) is 10.4 Å². The van der Waals surface area contributed by atoms with Gasteiger partial charge in [0.05, 0.1) is 6.54 Å². The molecule has 0 aliphatic heterocycles. The van der Waals surface area contributed by atoms with Crippen molar-refractivity contribution >= 4 is 23.3 Å². The fourth-order valence-electron chi connectivity index (χ4n) is 3.25. The molecule has 1 saturated carbocycles. The van der Waals surface area contributed by atoms with Crippen LogP contribution in [0.25, 0.3) is 0 Å². The Morgan fingerprint density at radius 1 is 1.14 bits per heavy atom. The highest BCUT2D eigenvalue weighted by atomic mass is 32.1. The first kappa shape index (κ1) is 21.4. The molecule has 1 heterocycles. The van der Waals surface area contributed by atoms with Crippen LogP contribution >= 0.6 is 11.3 Å². The zero-order valence-electron chi connectivity index (χ0n) is 17.4. The predicted octanol–water partition coefficient (Wildman–Crippen LogP) is 4.56. The molecule has 1 aliphatic rings. The van der Waals surface area contributed by atoms with Crippen molar-refractivity contribution in [2.45, 2.75) is 58.7 Å². The third-order valence-electron chi connectivity index (χ3n) is 5.23. The molecule has 29 heavy (non-hydrogen) atoms. The van der Waals surface area contributed by atoms with Crippen molar-refractivity contribution in [3.05, 3.63) is 57.8 Å². The van der Waals surface area contributed by atoms with Gasteiger partial charge in [0.2, 0.25) is 5.91 Å². The van der Waals surface area contributed by atoms with E-state index in [0.717, 1.165) is 31.2 Å². The second kappa shape index (κ2) is 10.4. The van der Waals surface area contributed by atoms with Crippen molar-refractivity contribution < 1.29 is 9.59 Å². The molecule has 1 aliphatic carbocycles. The Labute approximate surface area is 177 Å². The molecule has 0 radical (unpaired) electrons. The second-order valence-electron chi connectivity index (χ2n) is 7.71. The van der Waals surface area contributed by atoms with Gasteiger partial charge in [0, 0.05) is 24.0 Å². The number of hydrogen-bond acceptors (Lipinski definition) is 3. The maximum atomic E-state index is 13.3. The van der Waals surface area contributed by atoms with E-state index in [0.29, 0.717) is 19.6 Å². The molecule has 2 aromatic rings. The lowest BCUT2D eigenvalue weighted by Gasteiger charge is -2.28. The quantitative estimate of drug-likeness (QED) is 0.581. The summed E-state index contributed by atoms with van der Waals surface area (Å²) in [5, 5.41) is 5.04. The van der Waals surface area contributed by atoms with Crippen molar-refractivity contribution in [1.29, 1.82) is 0 Å². The van der Waals surface area contributed by atoms with Gasteiger partial charge in [0.25, 0.3) is 0 Å². The summed E-state index contributed by atoms with van der Waals surface area (Å²) in [6.07, 6.45) is 3.96. The van der Waals surface area contributed by atoms with Crippen LogP contribution in [0.1, 0.15) is 48.6 Å². The van der Waals surface area contributed by atoms with Gasteiger partial charge >= 0.3 is 6.03 Å². The van der Waals surface area contributed by atoms with E-state index >= 15 is 0 Å². The first-order chi connectivity index (χ1) is 14.1. The van der Waals surface area contributed by atoms with E-state index in [4.69, 9.17) is 0 Å². The topological polar surface area (TPSA) is 52.7 Å². The first-order valence-electron chi connectivity index (χ1n) is 10.5. The van der Waals surface area contributed by atoms with Crippen LogP contribution < -0.4 is 5.32 Å². The second-order valence-corrected chi connectivity index (χ2v) is 8.71. The minimum atomic E-state index is -0.110. The molecule has 0 unspecified atom stereocenters. The van der Waals surface area contributed by atoms with Gasteiger partial charge in [0.1, 0.15) is 6.54 Å². The van der Waals surface area contributed by atoms with E-state index in [2.05, 4.69) is 30.6 Å². The summed E-state index contributed by atoms with van der Waals surface area (Å²) in [7, 11) is 0. The molecule has 1 aromatic heterocycles. The minimum Gasteiger partial charge on any atom is -0.338 e. The van der Waals surface area contributed by atoms with E-state index in [-0.39, 0.29) is 24.5 Å². The maximum absolute atomic E-state index is 13.3. The number of rotatable bonds is 10. The van der Waals surface area contributed by atoms with Crippen LogP contribution in [-0.4, -0.2) is 40.9 Å². The Bertz CT molecular complexity index is 801. The number of thiophene rings is 1. The van der Waals surface area contributed by atoms with Crippen LogP contribution in [0.4, 0.5) is 4.79 Å². The van der Waals surface area contributed by atoms with Crippen molar-refractivity contribution in [2.24, 2.45) is 0 Å². The molecule has 1 aromatic carbocycles. The number of urea groups is 1. The number of nitrogens with one attached hydrogen (secondary N) is 1. The van der Waals surface area contributed by atoms with Gasteiger partial charge in [0.15, 0.2) is 0 Å². The highest BCUT2D eigenvalue weighted by Gasteiger charge is 2.34. The van der Waals surface area contributed by atoms with Crippen molar-refractivity contribution in [3.63, 3.8) is 0 Å². The van der Waals surface area contributed by atoms with E-state index in [9.17, 15) is 9.59 Å². The summed E-state index contributed by atoms with van der Waals surface area (Å²) in [4.78, 5) is 30.7. The van der Waals surface area contributed by atoms with Gasteiger partial charge in [-0.3, -0.25) is 4.79 Å². The van der Waals surface area contributed by atoms with Gasteiger partial charge in [-0.2, -0.15) is 0 Å². The molecule has 3 amide bonds. The molecule has 1 fully saturated rings. The van der Waals surface area contributed by atoms with Crippen LogP contribution in [0.3, 0.4) is 0 Å². The monoisotopic (exact) mass is 413 g/mol. The number of nitrogens with zero attached hydrogens (tertiary/aromatic N) is 2. The number of aryl methyl sites for hydroxylation is 1. The average Bonchev–Trinajstić information content (AvgIpc) is 3.48. The smallest absolute Gasteiger partial charge is 0.318 e. The van der Waals surface area contributed by atoms with E-state index < -0.39 is 0 Å². The summed E-state index contributed by atoms with van der Waals surface area (Å²) in [6, 6.07) is 12.2. The van der Waals surface area contributed by atoms with Crippen LogP contribution in [-0.2, 0) is 17.9 Å². The minimum absolute atomic E-state index is 0.000746. The average molecular weight is 414 g/mol. The van der Waals surface area contributed by atoms with E-state index in [1.54, 1.807) is 16.2 Å². The van der Waals surface area contributed by atoms with Gasteiger partial charge in [-0.05, 0) is 48.8 Å². The number of carbonyl (C=O) groups is 2. The molecule has 3 rings (SSSR count). The molecule has 5 nitrogen and oxygen atoms in total. The third-order valence-corrected chi connectivity index (χ3v) is 6.24. The van der Waals surface area contributed by atoms with E-state index in [1.807, 2.05) is 35.2 Å². The lowest BCUT2D eigenvalue weighted by Crippen LogP contribution is -2.47. The normalized spacial score (nSPS) is 13.2. The lowest BCUT2D eigenvalue weighted by atomic mass is 10.2. The van der Waals surface area contributed by atoms with Gasteiger partial charge in [-0.1, -0.05) is 43.7 Å². The molecule has 0 spiro atoms. The number of carbonyl (C=O) groups excluding carboxylic acids is 2. The molecule has 6 heteroatoms. The summed E-state index contributed by atoms with van der Waals surface area (Å²) in [5.41, 5.74) is 2.30. The van der Waals surface area contributed by atoms with Crippen molar-refractivity contribution in [3.8, 4) is 0 Å². The summed E-state index contributed by atoms with van der Waals surface area (Å²) in [6.45, 7) is 6.10. The maximum Gasteiger partial charge on any atom is 0.318 e. The Kier molecular flexibility index (Phi) is 7.69. The molecule has 156 valence electrons. The number of hydrogen-bond donors (Lipinski definition) is 1. The Morgan fingerprint density at radius 2 is 1.90 bits per heavy atom. The number of unbranched alkanes of at least 4 members (excludes halogenated alkanes) is 1. The van der Waals surface area contributed by atoms with Crippen LogP contribution in [0, 0.1) is 6.92 Å². The Morgan fingerprint density at radius 3 is 2.52 bits per heavy atom. The molecular weight excluding hydrogens is 382 g/mol. The van der Waals surface area contributed by atoms with Crippen LogP contribution in [0.5, 0.6) is 0 Å². The highest BCUT2D eigenvalue weighted by molar-refractivity contribution is 7.10. The van der Waals surface area contributed by atoms with Gasteiger partial charge in [-0.25, -0.2) is 4.79 Å². The largest absolute Gasteiger partial charge is 0.338 e. The van der Waals surface area contributed by atoms with Crippen LogP contribution in [0.2, 0.25) is 0 Å². The molecular formula is C23H31N3O2S. The fraction of sp³-hybridized carbons (Fsp3) is 0.478. The zero-order chi connectivity index (χ0) is 20.6. The predicted molar refractivity (Wildman–Crippen MR) is 118 cm³/mol. The zero-order valence-corrected chi connectivity index (χ0v) is 18.2. The van der Waals surface area contributed by atoms with Gasteiger partial charge < -0.3 is 15.1 Å². The Hall–Kier alpha value is -2.34. The Balaban J connectivity index is 1.70. The molecule has 0 atom stereocenters. The van der Waals surface area contributed by atoms with Gasteiger partial charge in [-0.15, -0.1) is 11.3 Å². The summed E-state index contributed by atoms with van der Waals surface area (Å²) in [5.74, 6) is -0.000746. The fourth-order valence-corrected chi connectivity index (χ4v) is 4.17. The summed E-state index contributed by atoms with van der Waals surface area (Å²) < 4.78 is 0.